The van der Waals surface area contributed by atoms with Gasteiger partial charge in [-0.2, -0.15) is 0 Å². The summed E-state index contributed by atoms with van der Waals surface area (Å²) in [5.41, 5.74) is 0. The number of rotatable bonds is 5. The predicted octanol–water partition coefficient (Wildman–Crippen LogP) is -0.143. The molecule has 0 amide bonds. The zero-order valence-corrected chi connectivity index (χ0v) is 5.43. The van der Waals surface area contributed by atoms with Crippen LogP contribution in [0, 0.1) is 0 Å². The molecule has 0 aliphatic heterocycles. The highest BCUT2D eigenvalue weighted by molar-refractivity contribution is 7.75. The molecule has 0 aromatic carbocycles. The molecular formula is C4H10O3S. The van der Waals surface area contributed by atoms with Gasteiger partial charge in [-0.05, 0) is 12.9 Å². The lowest BCUT2D eigenvalue weighted by Gasteiger charge is -1.97. The first-order valence-electron chi connectivity index (χ1n) is 2.36. The van der Waals surface area contributed by atoms with Crippen LogP contribution in [-0.2, 0) is 8.92 Å². The van der Waals surface area contributed by atoms with E-state index < -0.39 is 0 Å². The van der Waals surface area contributed by atoms with Crippen LogP contribution < -0.4 is 0 Å². The van der Waals surface area contributed by atoms with Gasteiger partial charge >= 0.3 is 0 Å². The molecule has 0 aliphatic carbocycles. The summed E-state index contributed by atoms with van der Waals surface area (Å²) in [6.45, 7) is 1.39. The zero-order chi connectivity index (χ0) is 6.24. The third-order valence-electron chi connectivity index (χ3n) is 0.555. The first kappa shape index (κ1) is 8.23. The molecular weight excluding hydrogens is 128 g/mol. The van der Waals surface area contributed by atoms with Crippen LogP contribution in [0.4, 0.5) is 0 Å². The Kier molecular flexibility index (Phi) is 7.44. The minimum absolute atomic E-state index is 0.0621. The molecule has 50 valence electrons. The van der Waals surface area contributed by atoms with E-state index in [1.807, 2.05) is 0 Å². The van der Waals surface area contributed by atoms with Crippen LogP contribution in [0.25, 0.3) is 0 Å². The van der Waals surface area contributed by atoms with Gasteiger partial charge in [-0.15, -0.1) is 0 Å². The van der Waals surface area contributed by atoms with Crippen molar-refractivity contribution in [3.8, 4) is 0 Å². The highest BCUT2D eigenvalue weighted by atomic mass is 32.1. The fraction of sp³-hybridized carbons (Fsp3) is 1.00. The minimum Gasteiger partial charge on any atom is -0.394 e. The standard InChI is InChI=1S/C4H10O3S/c5-1-2-6-3-4-7-8/h5,8H,1-4H2. The molecule has 0 aromatic heterocycles. The molecule has 0 saturated heterocycles. The van der Waals surface area contributed by atoms with Crippen molar-refractivity contribution in [1.29, 1.82) is 0 Å². The number of aliphatic hydroxyl groups is 1. The lowest BCUT2D eigenvalue weighted by atomic mass is 10.7. The lowest BCUT2D eigenvalue weighted by Crippen LogP contribution is -2.03. The normalized spacial score (nSPS) is 9.75. The fourth-order valence-corrected chi connectivity index (χ4v) is 0.337. The van der Waals surface area contributed by atoms with Crippen LogP contribution in [0.2, 0.25) is 0 Å². The van der Waals surface area contributed by atoms with E-state index >= 15 is 0 Å². The number of aliphatic hydroxyl groups excluding tert-OH is 1. The highest BCUT2D eigenvalue weighted by Gasteiger charge is 1.82. The average molecular weight is 138 g/mol. The molecule has 0 saturated carbocycles. The second-order valence-electron chi connectivity index (χ2n) is 1.17. The molecule has 0 bridgehead atoms. The Hall–Kier alpha value is 0.230. The minimum atomic E-state index is 0.0621. The van der Waals surface area contributed by atoms with E-state index in [0.29, 0.717) is 19.8 Å². The Balaban J connectivity index is 2.53. The third kappa shape index (κ3) is 6.23. The molecule has 0 atom stereocenters. The van der Waals surface area contributed by atoms with Crippen molar-refractivity contribution >= 4 is 12.9 Å². The summed E-state index contributed by atoms with van der Waals surface area (Å²) in [6, 6.07) is 0. The Morgan fingerprint density at radius 3 is 2.50 bits per heavy atom. The van der Waals surface area contributed by atoms with Crippen molar-refractivity contribution in [2.75, 3.05) is 26.4 Å². The second kappa shape index (κ2) is 7.23. The summed E-state index contributed by atoms with van der Waals surface area (Å²) < 4.78 is 9.18. The van der Waals surface area contributed by atoms with Crippen molar-refractivity contribution in [3.05, 3.63) is 0 Å². The summed E-state index contributed by atoms with van der Waals surface area (Å²) in [7, 11) is 0. The molecule has 0 heterocycles. The van der Waals surface area contributed by atoms with E-state index in [2.05, 4.69) is 17.1 Å². The maximum absolute atomic E-state index is 8.18. The maximum atomic E-state index is 8.18. The van der Waals surface area contributed by atoms with Gasteiger partial charge in [-0.3, -0.25) is 0 Å². The van der Waals surface area contributed by atoms with E-state index in [4.69, 9.17) is 9.84 Å². The molecule has 4 heteroatoms. The van der Waals surface area contributed by atoms with Gasteiger partial charge in [0.15, 0.2) is 0 Å². The van der Waals surface area contributed by atoms with Gasteiger partial charge in [-0.1, -0.05) is 0 Å². The van der Waals surface area contributed by atoms with Gasteiger partial charge in [0.1, 0.15) is 0 Å². The molecule has 8 heavy (non-hydrogen) atoms. The van der Waals surface area contributed by atoms with Gasteiger partial charge < -0.3 is 14.0 Å². The van der Waals surface area contributed by atoms with Crippen LogP contribution >= 0.6 is 12.9 Å². The van der Waals surface area contributed by atoms with E-state index in [1.165, 1.54) is 0 Å². The molecule has 3 nitrogen and oxygen atoms in total. The summed E-state index contributed by atoms with van der Waals surface area (Å²) in [5.74, 6) is 0. The molecule has 0 spiro atoms. The van der Waals surface area contributed by atoms with Gasteiger partial charge in [-0.25, -0.2) is 0 Å². The third-order valence-corrected chi connectivity index (χ3v) is 0.737. The molecule has 0 radical (unpaired) electrons. The number of ether oxygens (including phenoxy) is 1. The summed E-state index contributed by atoms with van der Waals surface area (Å²) in [4.78, 5) is 0. The summed E-state index contributed by atoms with van der Waals surface area (Å²) >= 11 is 3.48. The fourth-order valence-electron chi connectivity index (χ4n) is 0.263. The second-order valence-corrected chi connectivity index (χ2v) is 1.43. The zero-order valence-electron chi connectivity index (χ0n) is 4.54. The quantitative estimate of drug-likeness (QED) is 0.315. The predicted molar refractivity (Wildman–Crippen MR) is 32.8 cm³/mol. The SMILES string of the molecule is OCCOCCOS. The van der Waals surface area contributed by atoms with E-state index in [0.717, 1.165) is 0 Å². The monoisotopic (exact) mass is 138 g/mol. The molecule has 0 aromatic rings. The van der Waals surface area contributed by atoms with Gasteiger partial charge in [0.2, 0.25) is 0 Å². The molecule has 0 rings (SSSR count). The highest BCUT2D eigenvalue weighted by Crippen LogP contribution is 1.78. The molecule has 0 unspecified atom stereocenters. The average Bonchev–Trinajstić information content (AvgIpc) is 1.81. The van der Waals surface area contributed by atoms with Crippen molar-refractivity contribution in [3.63, 3.8) is 0 Å². The van der Waals surface area contributed by atoms with Crippen LogP contribution in [0.1, 0.15) is 0 Å². The first-order chi connectivity index (χ1) is 3.91. The number of hydrogen-bond acceptors (Lipinski definition) is 4. The van der Waals surface area contributed by atoms with Crippen LogP contribution in [0.5, 0.6) is 0 Å². The van der Waals surface area contributed by atoms with E-state index in [-0.39, 0.29) is 6.61 Å². The Labute approximate surface area is 54.2 Å². The Bertz CT molecular complexity index is 36.3. The van der Waals surface area contributed by atoms with Crippen LogP contribution in [0.15, 0.2) is 0 Å². The Morgan fingerprint density at radius 2 is 2.00 bits per heavy atom. The smallest absolute Gasteiger partial charge is 0.0844 e. The topological polar surface area (TPSA) is 38.7 Å². The summed E-state index contributed by atoms with van der Waals surface area (Å²) in [5, 5.41) is 8.18. The number of hydrogen-bond donors (Lipinski definition) is 2. The van der Waals surface area contributed by atoms with E-state index in [1.54, 1.807) is 0 Å². The molecule has 0 fully saturated rings. The lowest BCUT2D eigenvalue weighted by molar-refractivity contribution is 0.0754. The summed E-state index contributed by atoms with van der Waals surface area (Å²) in [6.07, 6.45) is 0. The molecule has 1 N–H and O–H groups in total. The van der Waals surface area contributed by atoms with Gasteiger partial charge in [0.05, 0.1) is 26.4 Å². The first-order valence-corrected chi connectivity index (χ1v) is 2.73. The van der Waals surface area contributed by atoms with Crippen molar-refractivity contribution in [1.82, 2.24) is 0 Å². The van der Waals surface area contributed by atoms with Crippen LogP contribution in [0.3, 0.4) is 0 Å². The Morgan fingerprint density at radius 1 is 1.25 bits per heavy atom. The van der Waals surface area contributed by atoms with Crippen molar-refractivity contribution in [2.45, 2.75) is 0 Å². The largest absolute Gasteiger partial charge is 0.394 e. The van der Waals surface area contributed by atoms with Gasteiger partial charge in [0.25, 0.3) is 0 Å². The number of thiol groups is 1. The van der Waals surface area contributed by atoms with E-state index in [9.17, 15) is 0 Å². The van der Waals surface area contributed by atoms with Gasteiger partial charge in [0, 0.05) is 0 Å². The van der Waals surface area contributed by atoms with Crippen LogP contribution in [-0.4, -0.2) is 31.5 Å². The molecule has 0 aliphatic rings. The van der Waals surface area contributed by atoms with Crippen molar-refractivity contribution < 1.29 is 14.0 Å². The van der Waals surface area contributed by atoms with Crippen molar-refractivity contribution in [2.24, 2.45) is 0 Å². The maximum Gasteiger partial charge on any atom is 0.0844 e.